The number of amides is 1. The van der Waals surface area contributed by atoms with Crippen LogP contribution in [0.5, 0.6) is 0 Å². The molecule has 110 valence electrons. The van der Waals surface area contributed by atoms with Crippen molar-refractivity contribution < 1.29 is 14.6 Å². The van der Waals surface area contributed by atoms with E-state index in [0.29, 0.717) is 26.1 Å². The maximum Gasteiger partial charge on any atom is 0.250 e. The molecule has 2 rings (SSSR count). The molecule has 5 nitrogen and oxygen atoms in total. The number of nitrogens with zero attached hydrogens (tertiary/aromatic N) is 1. The van der Waals surface area contributed by atoms with Crippen LogP contribution in [0.15, 0.2) is 24.3 Å². The molecular weight excluding hydrogens is 256 g/mol. The zero-order valence-electron chi connectivity index (χ0n) is 11.8. The Morgan fingerprint density at radius 3 is 2.95 bits per heavy atom. The van der Waals surface area contributed by atoms with Crippen molar-refractivity contribution >= 4 is 5.91 Å². The first-order chi connectivity index (χ1) is 9.53. The van der Waals surface area contributed by atoms with Gasteiger partial charge in [0.25, 0.3) is 5.91 Å². The smallest absolute Gasteiger partial charge is 0.250 e. The van der Waals surface area contributed by atoms with Gasteiger partial charge in [-0.1, -0.05) is 24.3 Å². The summed E-state index contributed by atoms with van der Waals surface area (Å²) in [6, 6.07) is 8.13. The molecule has 0 aromatic heterocycles. The van der Waals surface area contributed by atoms with Gasteiger partial charge >= 0.3 is 0 Å². The first-order valence-corrected chi connectivity index (χ1v) is 6.85. The highest BCUT2D eigenvalue weighted by Crippen LogP contribution is 2.22. The highest BCUT2D eigenvalue weighted by molar-refractivity contribution is 5.83. The van der Waals surface area contributed by atoms with E-state index >= 15 is 0 Å². The molecule has 1 aromatic rings. The van der Waals surface area contributed by atoms with Gasteiger partial charge in [-0.25, -0.2) is 0 Å². The molecule has 0 unspecified atom stereocenters. The number of likely N-dealkylation sites (tertiary alicyclic amines) is 1. The highest BCUT2D eigenvalue weighted by atomic mass is 16.5. The number of β-amino-alcohol motifs (C(OH)–C–C–N with tert-alkyl or cyclic N) is 1. The van der Waals surface area contributed by atoms with E-state index in [4.69, 9.17) is 10.5 Å². The summed E-state index contributed by atoms with van der Waals surface area (Å²) in [6.45, 7) is 2.45. The van der Waals surface area contributed by atoms with Crippen LogP contribution in [0.2, 0.25) is 0 Å². The number of aliphatic hydroxyl groups is 1. The van der Waals surface area contributed by atoms with Crippen LogP contribution in [0.1, 0.15) is 24.0 Å². The number of benzene rings is 1. The van der Waals surface area contributed by atoms with E-state index in [1.165, 1.54) is 0 Å². The van der Waals surface area contributed by atoms with Crippen molar-refractivity contribution in [2.45, 2.75) is 31.6 Å². The summed E-state index contributed by atoms with van der Waals surface area (Å²) in [4.78, 5) is 13.4. The largest absolute Gasteiger partial charge is 0.380 e. The third kappa shape index (κ3) is 3.56. The molecular formula is C15H22N2O3. The Balaban J connectivity index is 2.02. The monoisotopic (exact) mass is 278 g/mol. The summed E-state index contributed by atoms with van der Waals surface area (Å²) in [5.41, 5.74) is 6.17. The molecule has 0 bridgehead atoms. The van der Waals surface area contributed by atoms with Crippen molar-refractivity contribution in [3.8, 4) is 0 Å². The van der Waals surface area contributed by atoms with Gasteiger partial charge in [-0.2, -0.15) is 0 Å². The Morgan fingerprint density at radius 1 is 1.50 bits per heavy atom. The first kappa shape index (κ1) is 15.0. The molecule has 20 heavy (non-hydrogen) atoms. The third-order valence-electron chi connectivity index (χ3n) is 3.72. The van der Waals surface area contributed by atoms with Crippen molar-refractivity contribution in [3.63, 3.8) is 0 Å². The van der Waals surface area contributed by atoms with E-state index in [2.05, 4.69) is 11.0 Å². The minimum atomic E-state index is -1.39. The Hall–Kier alpha value is -1.43. The molecule has 3 N–H and O–H groups in total. The van der Waals surface area contributed by atoms with Gasteiger partial charge in [0.1, 0.15) is 0 Å². The van der Waals surface area contributed by atoms with Gasteiger partial charge in [0, 0.05) is 20.2 Å². The molecule has 1 saturated heterocycles. The van der Waals surface area contributed by atoms with Crippen molar-refractivity contribution in [3.05, 3.63) is 35.4 Å². The normalized spacial score (nSPS) is 23.7. The van der Waals surface area contributed by atoms with E-state index in [-0.39, 0.29) is 0 Å². The van der Waals surface area contributed by atoms with E-state index in [1.807, 2.05) is 18.2 Å². The molecule has 1 atom stereocenters. The van der Waals surface area contributed by atoms with Gasteiger partial charge in [0.2, 0.25) is 0 Å². The number of hydrogen-bond donors (Lipinski definition) is 2. The summed E-state index contributed by atoms with van der Waals surface area (Å²) in [7, 11) is 1.67. The standard InChI is InChI=1S/C15H22N2O3/c1-20-10-13-5-2-4-12(8-13)9-17-7-3-6-15(19,11-17)14(16)18/h2,4-5,8,19H,3,6-7,9-11H2,1H3,(H2,16,18)/t15-/m0/s1. The lowest BCUT2D eigenvalue weighted by Gasteiger charge is -2.37. The maximum atomic E-state index is 11.3. The summed E-state index contributed by atoms with van der Waals surface area (Å²) >= 11 is 0. The second-order valence-corrected chi connectivity index (χ2v) is 5.46. The molecule has 0 radical (unpaired) electrons. The lowest BCUT2D eigenvalue weighted by Crippen LogP contribution is -2.55. The third-order valence-corrected chi connectivity index (χ3v) is 3.72. The molecule has 1 heterocycles. The Labute approximate surface area is 119 Å². The molecule has 5 heteroatoms. The number of ether oxygens (including phenoxy) is 1. The van der Waals surface area contributed by atoms with Crippen LogP contribution in [0.25, 0.3) is 0 Å². The van der Waals surface area contributed by atoms with E-state index in [0.717, 1.165) is 24.1 Å². The van der Waals surface area contributed by atoms with Crippen molar-refractivity contribution in [2.24, 2.45) is 5.73 Å². The number of carbonyl (C=O) groups is 1. The summed E-state index contributed by atoms with van der Waals surface area (Å²) in [6.07, 6.45) is 1.22. The van der Waals surface area contributed by atoms with Crippen LogP contribution in [0.3, 0.4) is 0 Å². The van der Waals surface area contributed by atoms with Gasteiger partial charge in [0.15, 0.2) is 5.60 Å². The van der Waals surface area contributed by atoms with Crippen molar-refractivity contribution in [2.75, 3.05) is 20.2 Å². The van der Waals surface area contributed by atoms with Crippen molar-refractivity contribution in [1.29, 1.82) is 0 Å². The SMILES string of the molecule is COCc1cccc(CN2CCC[C@@](O)(C(N)=O)C2)c1. The quantitative estimate of drug-likeness (QED) is 0.829. The van der Waals surface area contributed by atoms with Gasteiger partial charge in [0.05, 0.1) is 6.61 Å². The van der Waals surface area contributed by atoms with Crippen LogP contribution in [-0.4, -0.2) is 41.7 Å². The number of hydrogen-bond acceptors (Lipinski definition) is 4. The van der Waals surface area contributed by atoms with Crippen LogP contribution < -0.4 is 5.73 Å². The summed E-state index contributed by atoms with van der Waals surface area (Å²) < 4.78 is 5.12. The summed E-state index contributed by atoms with van der Waals surface area (Å²) in [5.74, 6) is -0.629. The molecule has 1 aromatic carbocycles. The second-order valence-electron chi connectivity index (χ2n) is 5.46. The molecule has 1 aliphatic rings. The fourth-order valence-electron chi connectivity index (χ4n) is 2.70. The number of piperidine rings is 1. The zero-order valence-corrected chi connectivity index (χ0v) is 11.8. The van der Waals surface area contributed by atoms with Gasteiger partial charge in [-0.05, 0) is 30.5 Å². The van der Waals surface area contributed by atoms with Crippen LogP contribution in [0.4, 0.5) is 0 Å². The maximum absolute atomic E-state index is 11.3. The Morgan fingerprint density at radius 2 is 2.25 bits per heavy atom. The highest BCUT2D eigenvalue weighted by Gasteiger charge is 2.38. The van der Waals surface area contributed by atoms with Crippen LogP contribution in [-0.2, 0) is 22.7 Å². The molecule has 1 aliphatic heterocycles. The number of methoxy groups -OCH3 is 1. The number of primary amides is 1. The zero-order chi connectivity index (χ0) is 14.6. The minimum Gasteiger partial charge on any atom is -0.380 e. The van der Waals surface area contributed by atoms with Crippen molar-refractivity contribution in [1.82, 2.24) is 4.90 Å². The molecule has 0 saturated carbocycles. The van der Waals surface area contributed by atoms with Gasteiger partial charge in [-0.15, -0.1) is 0 Å². The number of nitrogens with two attached hydrogens (primary N) is 1. The van der Waals surface area contributed by atoms with Gasteiger partial charge in [-0.3, -0.25) is 9.69 Å². The fourth-order valence-corrected chi connectivity index (χ4v) is 2.70. The van der Waals surface area contributed by atoms with Crippen LogP contribution in [0, 0.1) is 0 Å². The molecule has 0 aliphatic carbocycles. The van der Waals surface area contributed by atoms with E-state index in [1.54, 1.807) is 7.11 Å². The molecule has 1 fully saturated rings. The van der Waals surface area contributed by atoms with Gasteiger partial charge < -0.3 is 15.6 Å². The lowest BCUT2D eigenvalue weighted by atomic mass is 9.92. The van der Waals surface area contributed by atoms with E-state index < -0.39 is 11.5 Å². The number of carbonyl (C=O) groups excluding carboxylic acids is 1. The minimum absolute atomic E-state index is 0.302. The fraction of sp³-hybridized carbons (Fsp3) is 0.533. The van der Waals surface area contributed by atoms with Crippen LogP contribution >= 0.6 is 0 Å². The average molecular weight is 278 g/mol. The predicted octanol–water partition coefficient (Wildman–Crippen LogP) is 0.645. The lowest BCUT2D eigenvalue weighted by molar-refractivity contribution is -0.142. The predicted molar refractivity (Wildman–Crippen MR) is 75.8 cm³/mol. The number of rotatable bonds is 5. The topological polar surface area (TPSA) is 75.8 Å². The summed E-state index contributed by atoms with van der Waals surface area (Å²) in [5, 5.41) is 10.2. The molecule has 0 spiro atoms. The average Bonchev–Trinajstić information content (AvgIpc) is 2.39. The first-order valence-electron chi connectivity index (χ1n) is 6.85. The molecule has 1 amide bonds. The Bertz CT molecular complexity index is 478. The van der Waals surface area contributed by atoms with E-state index in [9.17, 15) is 9.90 Å². The Kier molecular flexibility index (Phi) is 4.75. The second kappa shape index (κ2) is 6.35.